The molecule has 7 nitrogen and oxygen atoms in total. The number of ether oxygens (including phenoxy) is 1. The van der Waals surface area contributed by atoms with E-state index in [1.807, 2.05) is 37.3 Å². The normalized spacial score (nSPS) is 13.9. The number of oxazole rings is 1. The highest BCUT2D eigenvalue weighted by Crippen LogP contribution is 2.25. The maximum Gasteiger partial charge on any atom is 0.303 e. The molecule has 2 N–H and O–H groups in total. The first-order valence-corrected chi connectivity index (χ1v) is 12.8. The van der Waals surface area contributed by atoms with Crippen molar-refractivity contribution in [3.05, 3.63) is 71.1 Å². The zero-order valence-corrected chi connectivity index (χ0v) is 20.8. The van der Waals surface area contributed by atoms with Crippen molar-refractivity contribution in [2.24, 2.45) is 5.92 Å². The summed E-state index contributed by atoms with van der Waals surface area (Å²) < 4.78 is 11.8. The van der Waals surface area contributed by atoms with Gasteiger partial charge in [-0.1, -0.05) is 43.5 Å². The van der Waals surface area contributed by atoms with E-state index in [0.717, 1.165) is 29.9 Å². The molecule has 3 aromatic rings. The third kappa shape index (κ3) is 6.97. The fraction of sp³-hybridized carbons (Fsp3) is 0.414. The molecule has 0 saturated heterocycles. The van der Waals surface area contributed by atoms with Crippen molar-refractivity contribution < 1.29 is 23.8 Å². The molecule has 0 aliphatic heterocycles. The summed E-state index contributed by atoms with van der Waals surface area (Å²) in [6.07, 6.45) is 6.81. The number of carboxylic acid groups (broad SMARTS) is 1. The summed E-state index contributed by atoms with van der Waals surface area (Å²) >= 11 is 0. The van der Waals surface area contributed by atoms with E-state index in [9.17, 15) is 9.59 Å². The summed E-state index contributed by atoms with van der Waals surface area (Å²) in [4.78, 5) is 28.8. The van der Waals surface area contributed by atoms with Gasteiger partial charge in [0.05, 0.1) is 12.3 Å². The number of amides is 1. The van der Waals surface area contributed by atoms with Gasteiger partial charge in [0.25, 0.3) is 5.91 Å². The molecule has 190 valence electrons. The van der Waals surface area contributed by atoms with Gasteiger partial charge in [-0.2, -0.15) is 0 Å². The quantitative estimate of drug-likeness (QED) is 0.363. The van der Waals surface area contributed by atoms with Gasteiger partial charge in [0.1, 0.15) is 11.5 Å². The third-order valence-corrected chi connectivity index (χ3v) is 6.73. The van der Waals surface area contributed by atoms with Gasteiger partial charge in [0, 0.05) is 30.5 Å². The van der Waals surface area contributed by atoms with Crippen molar-refractivity contribution in [3.63, 3.8) is 0 Å². The molecule has 4 rings (SSSR count). The van der Waals surface area contributed by atoms with Gasteiger partial charge in [0.15, 0.2) is 0 Å². The topological polar surface area (TPSA) is 102 Å². The van der Waals surface area contributed by atoms with Crippen molar-refractivity contribution in [2.75, 3.05) is 13.2 Å². The molecular formula is C29H34N2O5. The van der Waals surface area contributed by atoms with Gasteiger partial charge in [-0.25, -0.2) is 4.98 Å². The lowest BCUT2D eigenvalue weighted by Crippen LogP contribution is -2.31. The molecule has 2 aromatic carbocycles. The maximum atomic E-state index is 13.0. The molecule has 1 heterocycles. The zero-order chi connectivity index (χ0) is 25.3. The predicted octanol–water partition coefficient (Wildman–Crippen LogP) is 5.60. The van der Waals surface area contributed by atoms with Crippen LogP contribution >= 0.6 is 0 Å². The lowest BCUT2D eigenvalue weighted by atomic mass is 9.89. The number of hydrogen-bond donors (Lipinski definition) is 2. The van der Waals surface area contributed by atoms with Crippen LogP contribution in [-0.4, -0.2) is 35.1 Å². The molecule has 1 saturated carbocycles. The number of nitrogens with one attached hydrogen (secondary N) is 1. The van der Waals surface area contributed by atoms with Crippen LogP contribution in [-0.2, 0) is 17.6 Å². The van der Waals surface area contributed by atoms with E-state index in [2.05, 4.69) is 10.3 Å². The Bertz CT molecular complexity index is 1170. The summed E-state index contributed by atoms with van der Waals surface area (Å²) in [6, 6.07) is 15.1. The summed E-state index contributed by atoms with van der Waals surface area (Å²) in [6.45, 7) is 2.91. The van der Waals surface area contributed by atoms with Crippen LogP contribution in [0.25, 0.3) is 11.5 Å². The number of carboxylic acids is 1. The second-order valence-corrected chi connectivity index (χ2v) is 9.41. The highest BCUT2D eigenvalue weighted by Gasteiger charge is 2.18. The van der Waals surface area contributed by atoms with Crippen molar-refractivity contribution >= 4 is 11.9 Å². The Morgan fingerprint density at radius 1 is 1.08 bits per heavy atom. The van der Waals surface area contributed by atoms with Crippen molar-refractivity contribution in [2.45, 2.75) is 58.3 Å². The Hall–Kier alpha value is -3.61. The van der Waals surface area contributed by atoms with Crippen LogP contribution in [0, 0.1) is 12.8 Å². The van der Waals surface area contributed by atoms with Gasteiger partial charge in [-0.15, -0.1) is 0 Å². The van der Waals surface area contributed by atoms with E-state index in [1.54, 1.807) is 18.2 Å². The molecule has 36 heavy (non-hydrogen) atoms. The zero-order valence-electron chi connectivity index (χ0n) is 20.8. The number of nitrogens with zero attached hydrogens (tertiary/aromatic N) is 1. The number of hydrogen-bond acceptors (Lipinski definition) is 5. The largest absolute Gasteiger partial charge is 0.493 e. The van der Waals surface area contributed by atoms with Gasteiger partial charge < -0.3 is 19.6 Å². The molecular weight excluding hydrogens is 456 g/mol. The first kappa shape index (κ1) is 25.5. The Morgan fingerprint density at radius 3 is 2.61 bits per heavy atom. The van der Waals surface area contributed by atoms with Gasteiger partial charge in [0.2, 0.25) is 5.89 Å². The standard InChI is InChI=1S/C29H34N2O5/c1-20-26(31-29(36-20)23-10-6-3-7-11-23)16-17-35-24-14-12-22(13-15-27(32)33)25(18-24)28(34)30-19-21-8-4-2-5-9-21/h3,6-7,10-12,14,18,21H,2,4-5,8-9,13,15-17,19H2,1H3,(H,30,34)(H,32,33). The van der Waals surface area contributed by atoms with E-state index < -0.39 is 5.97 Å². The van der Waals surface area contributed by atoms with Crippen LogP contribution in [0.2, 0.25) is 0 Å². The van der Waals surface area contributed by atoms with Crippen LogP contribution in [0.3, 0.4) is 0 Å². The summed E-state index contributed by atoms with van der Waals surface area (Å²) in [5.41, 5.74) is 2.95. The van der Waals surface area contributed by atoms with Gasteiger partial charge >= 0.3 is 5.97 Å². The fourth-order valence-corrected chi connectivity index (χ4v) is 4.67. The smallest absolute Gasteiger partial charge is 0.303 e. The second kappa shape index (κ2) is 12.4. The molecule has 0 bridgehead atoms. The molecule has 0 unspecified atom stereocenters. The molecule has 0 radical (unpaired) electrons. The summed E-state index contributed by atoms with van der Waals surface area (Å²) in [5, 5.41) is 12.2. The molecule has 1 aliphatic rings. The lowest BCUT2D eigenvalue weighted by molar-refractivity contribution is -0.136. The van der Waals surface area contributed by atoms with E-state index in [-0.39, 0.29) is 12.3 Å². The highest BCUT2D eigenvalue weighted by molar-refractivity contribution is 5.96. The maximum absolute atomic E-state index is 13.0. The Labute approximate surface area is 211 Å². The summed E-state index contributed by atoms with van der Waals surface area (Å²) in [5.74, 6) is 1.36. The number of rotatable bonds is 11. The number of carbonyl (C=O) groups is 2. The van der Waals surface area contributed by atoms with E-state index in [1.165, 1.54) is 19.3 Å². The van der Waals surface area contributed by atoms with Crippen LogP contribution in [0.4, 0.5) is 0 Å². The third-order valence-electron chi connectivity index (χ3n) is 6.73. The number of carbonyl (C=O) groups excluding carboxylic acids is 1. The van der Waals surface area contributed by atoms with Gasteiger partial charge in [-0.3, -0.25) is 9.59 Å². The minimum absolute atomic E-state index is 0.0295. The molecule has 1 amide bonds. The highest BCUT2D eigenvalue weighted by atomic mass is 16.5. The number of aryl methyl sites for hydroxylation is 2. The van der Waals surface area contributed by atoms with E-state index in [4.69, 9.17) is 14.3 Å². The van der Waals surface area contributed by atoms with Crippen LogP contribution < -0.4 is 10.1 Å². The Balaban J connectivity index is 1.40. The first-order valence-electron chi connectivity index (χ1n) is 12.8. The van der Waals surface area contributed by atoms with E-state index in [0.29, 0.717) is 54.7 Å². The molecule has 7 heteroatoms. The Kier molecular flexibility index (Phi) is 8.76. The van der Waals surface area contributed by atoms with Crippen LogP contribution in [0.5, 0.6) is 5.75 Å². The monoisotopic (exact) mass is 490 g/mol. The molecule has 0 atom stereocenters. The minimum Gasteiger partial charge on any atom is -0.493 e. The van der Waals surface area contributed by atoms with Crippen LogP contribution in [0.1, 0.15) is 65.9 Å². The molecule has 1 aromatic heterocycles. The molecule has 1 fully saturated rings. The van der Waals surface area contributed by atoms with Crippen molar-refractivity contribution in [1.82, 2.24) is 10.3 Å². The molecule has 0 spiro atoms. The average Bonchev–Trinajstić information content (AvgIpc) is 3.27. The first-order chi connectivity index (χ1) is 17.5. The minimum atomic E-state index is -0.887. The number of benzene rings is 2. The van der Waals surface area contributed by atoms with Crippen molar-refractivity contribution in [1.29, 1.82) is 0 Å². The molecule has 1 aliphatic carbocycles. The second-order valence-electron chi connectivity index (χ2n) is 9.41. The summed E-state index contributed by atoms with van der Waals surface area (Å²) in [7, 11) is 0. The van der Waals surface area contributed by atoms with Crippen molar-refractivity contribution in [3.8, 4) is 17.2 Å². The number of aliphatic carboxylic acids is 1. The average molecular weight is 491 g/mol. The fourth-order valence-electron chi connectivity index (χ4n) is 4.67. The Morgan fingerprint density at radius 2 is 1.86 bits per heavy atom. The van der Waals surface area contributed by atoms with E-state index >= 15 is 0 Å². The number of aromatic nitrogens is 1. The van der Waals surface area contributed by atoms with Gasteiger partial charge in [-0.05, 0) is 61.9 Å². The SMILES string of the molecule is Cc1oc(-c2ccccc2)nc1CCOc1ccc(CCC(=O)O)c(C(=O)NCC2CCCCC2)c1. The van der Waals surface area contributed by atoms with Crippen LogP contribution in [0.15, 0.2) is 52.9 Å². The predicted molar refractivity (Wildman–Crippen MR) is 137 cm³/mol. The lowest BCUT2D eigenvalue weighted by Gasteiger charge is -2.22.